The van der Waals surface area contributed by atoms with Gasteiger partial charge in [-0.2, -0.15) is 0 Å². The third-order valence-electron chi connectivity index (χ3n) is 1.76. The lowest BCUT2D eigenvalue weighted by molar-refractivity contribution is 0.117. The van der Waals surface area contributed by atoms with Crippen LogP contribution in [0.1, 0.15) is 11.8 Å². The highest BCUT2D eigenvalue weighted by molar-refractivity contribution is 7.16. The number of halogens is 1. The van der Waals surface area contributed by atoms with Crippen molar-refractivity contribution in [3.8, 4) is 0 Å². The third kappa shape index (κ3) is 4.09. The number of hydrogen-bond acceptors (Lipinski definition) is 3. The molecule has 1 rings (SSSR count). The number of rotatable bonds is 5. The lowest BCUT2D eigenvalue weighted by atomic mass is 10.4. The summed E-state index contributed by atoms with van der Waals surface area (Å²) in [4.78, 5) is 1.26. The molecule has 1 heterocycles. The van der Waals surface area contributed by atoms with E-state index in [0.717, 1.165) is 17.4 Å². The molecule has 1 aromatic rings. The van der Waals surface area contributed by atoms with Gasteiger partial charge < -0.3 is 10.1 Å². The van der Waals surface area contributed by atoms with E-state index in [0.29, 0.717) is 0 Å². The summed E-state index contributed by atoms with van der Waals surface area (Å²) >= 11 is 7.40. The SMILES string of the molecule is COC(C)CNCc1ccc(Cl)s1. The van der Waals surface area contributed by atoms with E-state index < -0.39 is 0 Å². The van der Waals surface area contributed by atoms with Gasteiger partial charge in [0, 0.05) is 25.1 Å². The summed E-state index contributed by atoms with van der Waals surface area (Å²) in [5.41, 5.74) is 0. The fourth-order valence-corrected chi connectivity index (χ4v) is 1.99. The van der Waals surface area contributed by atoms with Crippen molar-refractivity contribution in [3.05, 3.63) is 21.3 Å². The van der Waals surface area contributed by atoms with Gasteiger partial charge in [-0.15, -0.1) is 11.3 Å². The topological polar surface area (TPSA) is 21.3 Å². The molecule has 0 amide bonds. The minimum absolute atomic E-state index is 0.260. The Bertz CT molecular complexity index is 252. The summed E-state index contributed by atoms with van der Waals surface area (Å²) in [6.45, 7) is 3.77. The van der Waals surface area contributed by atoms with Crippen LogP contribution in [0, 0.1) is 0 Å². The van der Waals surface area contributed by atoms with E-state index in [9.17, 15) is 0 Å². The molecular formula is C9H14ClNOS. The predicted molar refractivity (Wildman–Crippen MR) is 57.5 cm³/mol. The molecule has 0 aliphatic carbocycles. The molecule has 0 spiro atoms. The Labute approximate surface area is 87.9 Å². The summed E-state index contributed by atoms with van der Waals surface area (Å²) in [6, 6.07) is 3.96. The van der Waals surface area contributed by atoms with Crippen LogP contribution in [0.4, 0.5) is 0 Å². The lowest BCUT2D eigenvalue weighted by Gasteiger charge is -2.09. The first-order valence-electron chi connectivity index (χ1n) is 4.20. The van der Waals surface area contributed by atoms with Crippen LogP contribution in [0.25, 0.3) is 0 Å². The molecule has 0 radical (unpaired) electrons. The fourth-order valence-electron chi connectivity index (χ4n) is 0.929. The van der Waals surface area contributed by atoms with Gasteiger partial charge >= 0.3 is 0 Å². The Hall–Kier alpha value is -0.0900. The van der Waals surface area contributed by atoms with Gasteiger partial charge in [-0.3, -0.25) is 0 Å². The van der Waals surface area contributed by atoms with Crippen molar-refractivity contribution in [2.75, 3.05) is 13.7 Å². The molecule has 1 atom stereocenters. The van der Waals surface area contributed by atoms with Crippen molar-refractivity contribution in [2.24, 2.45) is 0 Å². The van der Waals surface area contributed by atoms with Crippen LogP contribution in [0.2, 0.25) is 4.34 Å². The van der Waals surface area contributed by atoms with Crippen LogP contribution in [-0.4, -0.2) is 19.8 Å². The number of methoxy groups -OCH3 is 1. The molecule has 2 nitrogen and oxygen atoms in total. The molecule has 4 heteroatoms. The number of ether oxygens (including phenoxy) is 1. The van der Waals surface area contributed by atoms with Crippen LogP contribution in [0.15, 0.2) is 12.1 Å². The van der Waals surface area contributed by atoms with E-state index in [-0.39, 0.29) is 6.10 Å². The highest BCUT2D eigenvalue weighted by Gasteiger charge is 2.00. The second-order valence-electron chi connectivity index (χ2n) is 2.88. The van der Waals surface area contributed by atoms with E-state index in [2.05, 4.69) is 5.32 Å². The van der Waals surface area contributed by atoms with Crippen molar-refractivity contribution < 1.29 is 4.74 Å². The normalized spacial score (nSPS) is 13.2. The van der Waals surface area contributed by atoms with Gasteiger partial charge in [0.1, 0.15) is 0 Å². The van der Waals surface area contributed by atoms with Crippen molar-refractivity contribution in [1.29, 1.82) is 0 Å². The molecule has 1 N–H and O–H groups in total. The van der Waals surface area contributed by atoms with Crippen LogP contribution in [0.5, 0.6) is 0 Å². The summed E-state index contributed by atoms with van der Waals surface area (Å²) in [6.07, 6.45) is 0.260. The zero-order valence-corrected chi connectivity index (χ0v) is 9.41. The van der Waals surface area contributed by atoms with E-state index in [4.69, 9.17) is 16.3 Å². The van der Waals surface area contributed by atoms with Gasteiger partial charge in [0.2, 0.25) is 0 Å². The second kappa shape index (κ2) is 5.60. The van der Waals surface area contributed by atoms with Crippen molar-refractivity contribution >= 4 is 22.9 Å². The van der Waals surface area contributed by atoms with E-state index in [1.54, 1.807) is 18.4 Å². The van der Waals surface area contributed by atoms with Gasteiger partial charge in [-0.25, -0.2) is 0 Å². The Morgan fingerprint density at radius 1 is 1.62 bits per heavy atom. The summed E-state index contributed by atoms with van der Waals surface area (Å²) < 4.78 is 5.95. The first kappa shape index (κ1) is 11.0. The lowest BCUT2D eigenvalue weighted by Crippen LogP contribution is -2.25. The smallest absolute Gasteiger partial charge is 0.0931 e. The summed E-state index contributed by atoms with van der Waals surface area (Å²) in [5.74, 6) is 0. The maximum atomic E-state index is 5.80. The molecule has 1 aromatic heterocycles. The zero-order chi connectivity index (χ0) is 9.68. The van der Waals surface area contributed by atoms with Gasteiger partial charge in [-0.05, 0) is 19.1 Å². The van der Waals surface area contributed by atoms with Gasteiger partial charge in [0.25, 0.3) is 0 Å². The van der Waals surface area contributed by atoms with Crippen molar-refractivity contribution in [2.45, 2.75) is 19.6 Å². The molecule has 0 saturated heterocycles. The van der Waals surface area contributed by atoms with Gasteiger partial charge in [0.05, 0.1) is 10.4 Å². The van der Waals surface area contributed by atoms with Crippen LogP contribution < -0.4 is 5.32 Å². The number of hydrogen-bond donors (Lipinski definition) is 1. The van der Waals surface area contributed by atoms with Gasteiger partial charge in [-0.1, -0.05) is 11.6 Å². The van der Waals surface area contributed by atoms with Gasteiger partial charge in [0.15, 0.2) is 0 Å². The van der Waals surface area contributed by atoms with Crippen LogP contribution in [-0.2, 0) is 11.3 Å². The standard InChI is InChI=1S/C9H14ClNOS/c1-7(12-2)5-11-6-8-3-4-9(10)13-8/h3-4,7,11H,5-6H2,1-2H3. The largest absolute Gasteiger partial charge is 0.380 e. The van der Waals surface area contributed by atoms with E-state index in [1.165, 1.54) is 4.88 Å². The number of thiophene rings is 1. The van der Waals surface area contributed by atoms with Crippen molar-refractivity contribution in [1.82, 2.24) is 5.32 Å². The number of nitrogens with one attached hydrogen (secondary N) is 1. The molecule has 74 valence electrons. The average Bonchev–Trinajstić information content (AvgIpc) is 2.51. The molecule has 0 aliphatic rings. The van der Waals surface area contributed by atoms with Crippen LogP contribution >= 0.6 is 22.9 Å². The Kier molecular flexibility index (Phi) is 4.73. The Morgan fingerprint density at radius 3 is 2.92 bits per heavy atom. The van der Waals surface area contributed by atoms with E-state index >= 15 is 0 Å². The average molecular weight is 220 g/mol. The van der Waals surface area contributed by atoms with E-state index in [1.807, 2.05) is 19.1 Å². The predicted octanol–water partition coefficient (Wildman–Crippen LogP) is 2.53. The molecule has 0 aromatic carbocycles. The maximum absolute atomic E-state index is 5.80. The highest BCUT2D eigenvalue weighted by Crippen LogP contribution is 2.20. The minimum atomic E-state index is 0.260. The maximum Gasteiger partial charge on any atom is 0.0931 e. The summed E-state index contributed by atoms with van der Waals surface area (Å²) in [7, 11) is 1.72. The first-order chi connectivity index (χ1) is 6.22. The quantitative estimate of drug-likeness (QED) is 0.822. The van der Waals surface area contributed by atoms with Crippen LogP contribution in [0.3, 0.4) is 0 Å². The fraction of sp³-hybridized carbons (Fsp3) is 0.556. The molecular weight excluding hydrogens is 206 g/mol. The minimum Gasteiger partial charge on any atom is -0.380 e. The molecule has 0 aliphatic heterocycles. The molecule has 13 heavy (non-hydrogen) atoms. The first-order valence-corrected chi connectivity index (χ1v) is 5.39. The molecule has 0 bridgehead atoms. The Balaban J connectivity index is 2.20. The molecule has 0 saturated carbocycles. The molecule has 0 fully saturated rings. The van der Waals surface area contributed by atoms with Crippen molar-refractivity contribution in [3.63, 3.8) is 0 Å². The molecule has 1 unspecified atom stereocenters. The monoisotopic (exact) mass is 219 g/mol. The summed E-state index contributed by atoms with van der Waals surface area (Å²) in [5, 5.41) is 3.29. The zero-order valence-electron chi connectivity index (χ0n) is 7.84. The third-order valence-corrected chi connectivity index (χ3v) is 2.99. The Morgan fingerprint density at radius 2 is 2.38 bits per heavy atom. The second-order valence-corrected chi connectivity index (χ2v) is 4.68. The highest BCUT2D eigenvalue weighted by atomic mass is 35.5.